The molecule has 2 aliphatic heterocycles. The molecular formula is C32H37N5O2. The van der Waals surface area contributed by atoms with Crippen LogP contribution < -0.4 is 14.4 Å². The molecule has 4 aromatic rings. The summed E-state index contributed by atoms with van der Waals surface area (Å²) in [7, 11) is 5.36. The minimum atomic E-state index is 0.690. The first-order valence-corrected chi connectivity index (χ1v) is 14.2. The van der Waals surface area contributed by atoms with E-state index in [2.05, 4.69) is 51.7 Å². The number of hydrogen-bond acceptors (Lipinski definition) is 6. The van der Waals surface area contributed by atoms with Crippen molar-refractivity contribution in [1.29, 1.82) is 0 Å². The summed E-state index contributed by atoms with van der Waals surface area (Å²) in [6.07, 6.45) is 4.26. The third kappa shape index (κ3) is 4.15. The predicted octanol–water partition coefficient (Wildman–Crippen LogP) is 5.55. The SMILES string of the molecule is COc1ccc(-c2nc3c(C)nc(-c4ccc(N5C[C@@H]6CN(C7CCC7)C[C@@H]6C5)cc4)cc3n2C)cc1OC. The molecule has 3 aliphatic rings. The van der Waals surface area contributed by atoms with Gasteiger partial charge in [-0.1, -0.05) is 18.6 Å². The number of imidazole rings is 1. The van der Waals surface area contributed by atoms with E-state index >= 15 is 0 Å². The summed E-state index contributed by atoms with van der Waals surface area (Å²) in [6, 6.07) is 18.0. The third-order valence-electron chi connectivity index (χ3n) is 9.32. The summed E-state index contributed by atoms with van der Waals surface area (Å²) >= 11 is 0. The van der Waals surface area contributed by atoms with Gasteiger partial charge in [-0.05, 0) is 68.0 Å². The van der Waals surface area contributed by atoms with Crippen molar-refractivity contribution >= 4 is 16.7 Å². The molecule has 4 heterocycles. The summed E-state index contributed by atoms with van der Waals surface area (Å²) in [5.41, 5.74) is 7.32. The normalized spacial score (nSPS) is 21.4. The zero-order valence-corrected chi connectivity index (χ0v) is 23.4. The van der Waals surface area contributed by atoms with Gasteiger partial charge in [-0.2, -0.15) is 0 Å². The van der Waals surface area contributed by atoms with Gasteiger partial charge in [-0.15, -0.1) is 0 Å². The molecule has 2 atom stereocenters. The van der Waals surface area contributed by atoms with E-state index in [1.165, 1.54) is 51.1 Å². The molecule has 39 heavy (non-hydrogen) atoms. The van der Waals surface area contributed by atoms with Crippen molar-refractivity contribution in [2.24, 2.45) is 18.9 Å². The minimum absolute atomic E-state index is 0.690. The van der Waals surface area contributed by atoms with Crippen molar-refractivity contribution < 1.29 is 9.47 Å². The number of ether oxygens (including phenoxy) is 2. The molecule has 2 aromatic heterocycles. The first-order valence-electron chi connectivity index (χ1n) is 14.2. The Balaban J connectivity index is 1.13. The molecule has 7 rings (SSSR count). The van der Waals surface area contributed by atoms with Crippen molar-refractivity contribution in [2.75, 3.05) is 45.3 Å². The number of rotatable bonds is 6. The van der Waals surface area contributed by atoms with Crippen molar-refractivity contribution in [3.63, 3.8) is 0 Å². The van der Waals surface area contributed by atoms with E-state index in [1.54, 1.807) is 14.2 Å². The molecule has 1 saturated carbocycles. The molecule has 0 N–H and O–H groups in total. The Hall–Kier alpha value is -3.58. The van der Waals surface area contributed by atoms with Crippen LogP contribution in [0.3, 0.4) is 0 Å². The second-order valence-electron chi connectivity index (χ2n) is 11.5. The highest BCUT2D eigenvalue weighted by Crippen LogP contribution is 2.39. The third-order valence-corrected chi connectivity index (χ3v) is 9.32. The summed E-state index contributed by atoms with van der Waals surface area (Å²) in [5, 5.41) is 0. The molecule has 0 radical (unpaired) electrons. The molecule has 202 valence electrons. The number of hydrogen-bond donors (Lipinski definition) is 0. The lowest BCUT2D eigenvalue weighted by molar-refractivity contribution is 0.149. The average molecular weight is 524 g/mol. The number of methoxy groups -OCH3 is 2. The maximum Gasteiger partial charge on any atom is 0.161 e. The zero-order chi connectivity index (χ0) is 26.7. The highest BCUT2D eigenvalue weighted by Gasteiger charge is 2.42. The van der Waals surface area contributed by atoms with Crippen LogP contribution in [-0.2, 0) is 7.05 Å². The van der Waals surface area contributed by atoms with Crippen molar-refractivity contribution in [1.82, 2.24) is 19.4 Å². The lowest BCUT2D eigenvalue weighted by Gasteiger charge is -2.35. The molecule has 2 saturated heterocycles. The number of anilines is 1. The van der Waals surface area contributed by atoms with Gasteiger partial charge in [0.1, 0.15) is 11.3 Å². The van der Waals surface area contributed by atoms with E-state index in [0.717, 1.165) is 57.3 Å². The zero-order valence-electron chi connectivity index (χ0n) is 23.4. The van der Waals surface area contributed by atoms with Crippen LogP contribution in [0.25, 0.3) is 33.7 Å². The van der Waals surface area contributed by atoms with Crippen molar-refractivity contribution in [3.8, 4) is 34.1 Å². The van der Waals surface area contributed by atoms with Crippen LogP contribution >= 0.6 is 0 Å². The topological polar surface area (TPSA) is 55.7 Å². The monoisotopic (exact) mass is 523 g/mol. The fraction of sp³-hybridized carbons (Fsp3) is 0.438. The Morgan fingerprint density at radius 2 is 1.49 bits per heavy atom. The number of pyridine rings is 1. The predicted molar refractivity (Wildman–Crippen MR) is 156 cm³/mol. The van der Waals surface area contributed by atoms with Gasteiger partial charge in [-0.25, -0.2) is 4.98 Å². The quantitative estimate of drug-likeness (QED) is 0.330. The van der Waals surface area contributed by atoms with Crippen LogP contribution in [-0.4, -0.2) is 65.9 Å². The number of nitrogens with zero attached hydrogens (tertiary/aromatic N) is 5. The molecule has 7 heteroatoms. The molecule has 3 fully saturated rings. The standard InChI is InChI=1S/C32H37N5O2/c1-20-31-28(35(2)32(34-31)22-10-13-29(38-3)30(14-22)39-4)15-27(33-20)21-8-11-26(12-9-21)37-18-23-16-36(17-24(23)19-37)25-6-5-7-25/h8-15,23-25H,5-7,16-19H2,1-4H3/t23-,24+. The second-order valence-corrected chi connectivity index (χ2v) is 11.5. The van der Waals surface area contributed by atoms with Crippen molar-refractivity contribution in [2.45, 2.75) is 32.2 Å². The van der Waals surface area contributed by atoms with Gasteiger partial charge in [0.2, 0.25) is 0 Å². The Morgan fingerprint density at radius 3 is 2.13 bits per heavy atom. The Bertz CT molecular complexity index is 1510. The molecule has 1 aliphatic carbocycles. The molecule has 0 amide bonds. The maximum atomic E-state index is 5.52. The Labute approximate surface area is 230 Å². The summed E-state index contributed by atoms with van der Waals surface area (Å²) < 4.78 is 13.1. The molecule has 0 bridgehead atoms. The number of fused-ring (bicyclic) bond motifs is 2. The van der Waals surface area contributed by atoms with Gasteiger partial charge >= 0.3 is 0 Å². The van der Waals surface area contributed by atoms with E-state index < -0.39 is 0 Å². The summed E-state index contributed by atoms with van der Waals surface area (Å²) in [5.74, 6) is 3.91. The lowest BCUT2D eigenvalue weighted by Crippen LogP contribution is -2.40. The lowest BCUT2D eigenvalue weighted by atomic mass is 9.92. The Kier molecular flexibility index (Phi) is 5.99. The first kappa shape index (κ1) is 24.5. The van der Waals surface area contributed by atoms with Gasteiger partial charge < -0.3 is 18.9 Å². The van der Waals surface area contributed by atoms with Crippen LogP contribution in [0.4, 0.5) is 5.69 Å². The largest absolute Gasteiger partial charge is 0.493 e. The summed E-state index contributed by atoms with van der Waals surface area (Å²) in [4.78, 5) is 15.3. The summed E-state index contributed by atoms with van der Waals surface area (Å²) in [6.45, 7) is 7.00. The Morgan fingerprint density at radius 1 is 0.795 bits per heavy atom. The van der Waals surface area contributed by atoms with Crippen LogP contribution in [0.5, 0.6) is 11.5 Å². The van der Waals surface area contributed by atoms with Gasteiger partial charge in [0.15, 0.2) is 11.5 Å². The van der Waals surface area contributed by atoms with Gasteiger partial charge in [0.05, 0.1) is 31.1 Å². The first-order chi connectivity index (χ1) is 19.0. The van der Waals surface area contributed by atoms with E-state index in [-0.39, 0.29) is 0 Å². The number of aryl methyl sites for hydroxylation is 2. The van der Waals surface area contributed by atoms with E-state index in [1.807, 2.05) is 25.1 Å². The molecule has 0 spiro atoms. The van der Waals surface area contributed by atoms with E-state index in [9.17, 15) is 0 Å². The second kappa shape index (κ2) is 9.56. The number of aromatic nitrogens is 3. The highest BCUT2D eigenvalue weighted by atomic mass is 16.5. The van der Waals surface area contributed by atoms with Crippen molar-refractivity contribution in [3.05, 3.63) is 54.2 Å². The van der Waals surface area contributed by atoms with Crippen LogP contribution in [0.2, 0.25) is 0 Å². The molecule has 0 unspecified atom stereocenters. The van der Waals surface area contributed by atoms with Crippen LogP contribution in [0.1, 0.15) is 25.0 Å². The van der Waals surface area contributed by atoms with Crippen LogP contribution in [0.15, 0.2) is 48.5 Å². The van der Waals surface area contributed by atoms with E-state index in [0.29, 0.717) is 11.5 Å². The number of likely N-dealkylation sites (tertiary alicyclic amines) is 1. The minimum Gasteiger partial charge on any atom is -0.493 e. The van der Waals surface area contributed by atoms with Gasteiger partial charge in [-0.3, -0.25) is 9.88 Å². The smallest absolute Gasteiger partial charge is 0.161 e. The van der Waals surface area contributed by atoms with Gasteiger partial charge in [0.25, 0.3) is 0 Å². The van der Waals surface area contributed by atoms with Crippen LogP contribution in [0, 0.1) is 18.8 Å². The fourth-order valence-corrected chi connectivity index (χ4v) is 6.85. The molecule has 7 nitrogen and oxygen atoms in total. The molecular weight excluding hydrogens is 486 g/mol. The van der Waals surface area contributed by atoms with E-state index in [4.69, 9.17) is 19.4 Å². The average Bonchev–Trinajstić information content (AvgIpc) is 3.60. The van der Waals surface area contributed by atoms with Gasteiger partial charge in [0, 0.05) is 56.1 Å². The highest BCUT2D eigenvalue weighted by molar-refractivity contribution is 5.86. The maximum absolute atomic E-state index is 5.52. The molecule has 2 aromatic carbocycles. The number of benzene rings is 2. The fourth-order valence-electron chi connectivity index (χ4n) is 6.85.